The number of carbonyl (C=O) groups is 1. The van der Waals surface area contributed by atoms with Crippen LogP contribution in [0.4, 0.5) is 0 Å². The molecule has 1 amide bonds. The van der Waals surface area contributed by atoms with Gasteiger partial charge in [-0.3, -0.25) is 4.79 Å². The quantitative estimate of drug-likeness (QED) is 0.529. The summed E-state index contributed by atoms with van der Waals surface area (Å²) in [5, 5.41) is 0. The van der Waals surface area contributed by atoms with E-state index in [1.54, 1.807) is 19.9 Å². The van der Waals surface area contributed by atoms with Crippen molar-refractivity contribution in [2.75, 3.05) is 7.11 Å². The van der Waals surface area contributed by atoms with Gasteiger partial charge in [-0.2, -0.15) is 4.31 Å². The summed E-state index contributed by atoms with van der Waals surface area (Å²) in [6, 6.07) is 10.5. The molecule has 1 aromatic heterocycles. The van der Waals surface area contributed by atoms with Gasteiger partial charge in [-0.1, -0.05) is 44.2 Å². The highest BCUT2D eigenvalue weighted by Gasteiger charge is 2.45. The van der Waals surface area contributed by atoms with Gasteiger partial charge in [-0.15, -0.1) is 11.3 Å². The van der Waals surface area contributed by atoms with Crippen molar-refractivity contribution in [2.24, 2.45) is 5.92 Å². The minimum Gasteiger partial charge on any atom is -0.352 e. The molecular formula is C20H26N2O5S2. The molecule has 1 N–H and O–H groups in total. The average molecular weight is 439 g/mol. The number of thiophene rings is 1. The van der Waals surface area contributed by atoms with Crippen LogP contribution in [-0.2, 0) is 30.9 Å². The summed E-state index contributed by atoms with van der Waals surface area (Å²) in [6.07, 6.45) is 0. The van der Waals surface area contributed by atoms with Crippen LogP contribution >= 0.6 is 11.3 Å². The topological polar surface area (TPSA) is 84.9 Å². The van der Waals surface area contributed by atoms with Crippen LogP contribution in [0.2, 0.25) is 0 Å². The van der Waals surface area contributed by atoms with E-state index in [1.165, 1.54) is 22.8 Å². The Morgan fingerprint density at radius 3 is 2.45 bits per heavy atom. The first-order valence-corrected chi connectivity index (χ1v) is 11.6. The van der Waals surface area contributed by atoms with Crippen LogP contribution in [0.25, 0.3) is 10.4 Å². The van der Waals surface area contributed by atoms with Gasteiger partial charge in [0.2, 0.25) is 10.0 Å². The number of sulfonamides is 1. The van der Waals surface area contributed by atoms with E-state index in [0.29, 0.717) is 0 Å². The molecule has 0 aliphatic carbocycles. The molecular weight excluding hydrogens is 412 g/mol. The van der Waals surface area contributed by atoms with Crippen LogP contribution in [0.5, 0.6) is 0 Å². The number of benzene rings is 1. The number of carbonyl (C=O) groups excluding carboxylic acids is 1. The molecule has 9 heteroatoms. The van der Waals surface area contributed by atoms with Crippen LogP contribution in [0.15, 0.2) is 41.3 Å². The zero-order chi connectivity index (χ0) is 21.4. The van der Waals surface area contributed by atoms with Gasteiger partial charge in [0.15, 0.2) is 5.79 Å². The molecule has 1 aliphatic heterocycles. The molecule has 2 aromatic rings. The van der Waals surface area contributed by atoms with Crippen molar-refractivity contribution in [3.05, 3.63) is 41.3 Å². The number of methoxy groups -OCH3 is 1. The summed E-state index contributed by atoms with van der Waals surface area (Å²) >= 11 is 1.44. The van der Waals surface area contributed by atoms with Crippen molar-refractivity contribution in [2.45, 2.75) is 51.0 Å². The maximum atomic E-state index is 13.2. The van der Waals surface area contributed by atoms with Crippen LogP contribution < -0.4 is 5.48 Å². The molecule has 1 aromatic carbocycles. The van der Waals surface area contributed by atoms with Gasteiger partial charge in [-0.05, 0) is 31.4 Å². The lowest BCUT2D eigenvalue weighted by atomic mass is 10.0. The molecule has 1 aliphatic rings. The minimum atomic E-state index is -3.79. The SMILES string of the molecule is COC(C)(C)ONC(=O)C(C(C)C)N1Cc2sc(-c3ccccc3)cc2S1(=O)=O. The molecule has 1 atom stereocenters. The number of hydrogen-bond acceptors (Lipinski definition) is 6. The largest absolute Gasteiger partial charge is 0.352 e. The summed E-state index contributed by atoms with van der Waals surface area (Å²) < 4.78 is 32.8. The summed E-state index contributed by atoms with van der Waals surface area (Å²) in [6.45, 7) is 7.07. The zero-order valence-electron chi connectivity index (χ0n) is 17.1. The van der Waals surface area contributed by atoms with E-state index >= 15 is 0 Å². The fourth-order valence-corrected chi connectivity index (χ4v) is 6.59. The molecule has 0 spiro atoms. The Balaban J connectivity index is 1.85. The predicted octanol–water partition coefficient (Wildman–Crippen LogP) is 3.37. The summed E-state index contributed by atoms with van der Waals surface area (Å²) in [4.78, 5) is 20.0. The number of ether oxygens (including phenoxy) is 1. The van der Waals surface area contributed by atoms with Gasteiger partial charge in [0.05, 0.1) is 11.4 Å². The molecule has 7 nitrogen and oxygen atoms in total. The Labute approximate surface area is 175 Å². The summed E-state index contributed by atoms with van der Waals surface area (Å²) in [5.74, 6) is -1.79. The van der Waals surface area contributed by atoms with Crippen LogP contribution in [-0.4, -0.2) is 37.6 Å². The van der Waals surface area contributed by atoms with Gasteiger partial charge in [0.1, 0.15) is 6.04 Å². The number of amides is 1. The third kappa shape index (κ3) is 4.39. The van der Waals surface area contributed by atoms with Gasteiger partial charge >= 0.3 is 0 Å². The van der Waals surface area contributed by atoms with Gasteiger partial charge < -0.3 is 4.74 Å². The van der Waals surface area contributed by atoms with E-state index in [4.69, 9.17) is 9.57 Å². The molecule has 1 unspecified atom stereocenters. The molecule has 0 saturated heterocycles. The van der Waals surface area contributed by atoms with Crippen molar-refractivity contribution < 1.29 is 22.8 Å². The highest BCUT2D eigenvalue weighted by molar-refractivity contribution is 7.89. The van der Waals surface area contributed by atoms with Gasteiger partial charge in [-0.25, -0.2) is 18.7 Å². The summed E-state index contributed by atoms with van der Waals surface area (Å²) in [7, 11) is -2.33. The number of nitrogens with one attached hydrogen (secondary N) is 1. The Hall–Kier alpha value is -1.78. The second-order valence-electron chi connectivity index (χ2n) is 7.68. The third-order valence-corrected chi connectivity index (χ3v) is 8.01. The second kappa shape index (κ2) is 8.16. The highest BCUT2D eigenvalue weighted by atomic mass is 32.2. The molecule has 0 saturated carbocycles. The molecule has 3 rings (SSSR count). The van der Waals surface area contributed by atoms with Gasteiger partial charge in [0, 0.05) is 16.9 Å². The number of nitrogens with zero attached hydrogens (tertiary/aromatic N) is 1. The van der Waals surface area contributed by atoms with E-state index in [0.717, 1.165) is 15.3 Å². The fourth-order valence-electron chi connectivity index (χ4n) is 3.13. The summed E-state index contributed by atoms with van der Waals surface area (Å²) in [5.41, 5.74) is 3.33. The molecule has 2 heterocycles. The molecule has 0 bridgehead atoms. The Morgan fingerprint density at radius 1 is 1.24 bits per heavy atom. The fraction of sp³-hybridized carbons (Fsp3) is 0.450. The number of fused-ring (bicyclic) bond motifs is 1. The van der Waals surface area contributed by atoms with Crippen LogP contribution in [0, 0.1) is 5.92 Å². The normalized spacial score (nSPS) is 17.3. The van der Waals surface area contributed by atoms with Crippen molar-refractivity contribution in [3.8, 4) is 10.4 Å². The van der Waals surface area contributed by atoms with Crippen LogP contribution in [0.3, 0.4) is 0 Å². The number of rotatable bonds is 7. The highest BCUT2D eigenvalue weighted by Crippen LogP contribution is 2.42. The first-order chi connectivity index (χ1) is 13.6. The monoisotopic (exact) mass is 438 g/mol. The first-order valence-electron chi connectivity index (χ1n) is 9.30. The lowest BCUT2D eigenvalue weighted by Crippen LogP contribution is -2.51. The van der Waals surface area contributed by atoms with Crippen molar-refractivity contribution in [1.82, 2.24) is 9.79 Å². The standard InChI is InChI=1S/C20H26N2O5S2/c1-13(2)18(19(23)21-27-20(3,4)26-5)22-12-16-17(29(22,24)25)11-15(28-16)14-9-7-6-8-10-14/h6-11,13,18H,12H2,1-5H3,(H,21,23). The molecule has 0 fully saturated rings. The maximum absolute atomic E-state index is 13.2. The second-order valence-corrected chi connectivity index (χ2v) is 10.7. The Bertz CT molecular complexity index is 984. The minimum absolute atomic E-state index is 0.166. The molecule has 158 valence electrons. The van der Waals surface area contributed by atoms with E-state index in [1.807, 2.05) is 44.2 Å². The van der Waals surface area contributed by atoms with E-state index in [-0.39, 0.29) is 17.4 Å². The average Bonchev–Trinajstić information content (AvgIpc) is 3.20. The lowest BCUT2D eigenvalue weighted by molar-refractivity contribution is -0.233. The number of hydrogen-bond donors (Lipinski definition) is 1. The molecule has 0 radical (unpaired) electrons. The van der Waals surface area contributed by atoms with Crippen molar-refractivity contribution in [1.29, 1.82) is 0 Å². The first kappa shape index (κ1) is 21.9. The van der Waals surface area contributed by atoms with Crippen molar-refractivity contribution >= 4 is 27.3 Å². The van der Waals surface area contributed by atoms with Crippen LogP contribution in [0.1, 0.15) is 32.6 Å². The Kier molecular flexibility index (Phi) is 6.16. The zero-order valence-corrected chi connectivity index (χ0v) is 18.8. The van der Waals surface area contributed by atoms with Gasteiger partial charge in [0.25, 0.3) is 5.91 Å². The Morgan fingerprint density at radius 2 is 1.90 bits per heavy atom. The lowest BCUT2D eigenvalue weighted by Gasteiger charge is -2.30. The van der Waals surface area contributed by atoms with E-state index in [2.05, 4.69) is 5.48 Å². The maximum Gasteiger partial charge on any atom is 0.262 e. The smallest absolute Gasteiger partial charge is 0.262 e. The third-order valence-electron chi connectivity index (χ3n) is 4.81. The number of hydroxylamine groups is 1. The van der Waals surface area contributed by atoms with Crippen molar-refractivity contribution in [3.63, 3.8) is 0 Å². The van der Waals surface area contributed by atoms with E-state index in [9.17, 15) is 13.2 Å². The molecule has 29 heavy (non-hydrogen) atoms. The predicted molar refractivity (Wildman–Crippen MR) is 111 cm³/mol. The van der Waals surface area contributed by atoms with E-state index < -0.39 is 27.8 Å².